The summed E-state index contributed by atoms with van der Waals surface area (Å²) >= 11 is 0. The number of hydrogen-bond donors (Lipinski definition) is 1. The monoisotopic (exact) mass is 246 g/mol. The van der Waals surface area contributed by atoms with Crippen molar-refractivity contribution in [2.75, 3.05) is 0 Å². The summed E-state index contributed by atoms with van der Waals surface area (Å²) in [6.45, 7) is 0.679. The van der Waals surface area contributed by atoms with Crippen molar-refractivity contribution in [3.63, 3.8) is 0 Å². The van der Waals surface area contributed by atoms with E-state index in [0.29, 0.717) is 5.57 Å². The number of hydrogen-bond acceptors (Lipinski definition) is 2. The number of carboxylic acid groups (broad SMARTS) is 1. The van der Waals surface area contributed by atoms with Gasteiger partial charge in [-0.05, 0) is 5.92 Å². The molecule has 5 heteroatoms. The van der Waals surface area contributed by atoms with Crippen molar-refractivity contribution >= 4 is 5.97 Å². The third kappa shape index (κ3) is 3.63. The third-order valence-corrected chi connectivity index (χ3v) is 2.88. The zero-order chi connectivity index (χ0) is 13.1. The summed E-state index contributed by atoms with van der Waals surface area (Å²) in [6, 6.07) is 0. The number of allylic oxidation sites excluding steroid dienone is 2. The van der Waals surface area contributed by atoms with Crippen LogP contribution in [0, 0.1) is 5.92 Å². The molecule has 1 rings (SSSR count). The van der Waals surface area contributed by atoms with Crippen molar-refractivity contribution < 1.29 is 23.4 Å². The first kappa shape index (κ1) is 13.8. The standard InChI is InChI=1S/C12H16F2O3/c1-8(2)12(17-11(13)14)5-3-4-9(7-12)6-10(15)16/h3-5,8,11H,6-7H2,1-2H3,(H,15,16). The van der Waals surface area contributed by atoms with Crippen LogP contribution in [0.5, 0.6) is 0 Å². The van der Waals surface area contributed by atoms with E-state index >= 15 is 0 Å². The van der Waals surface area contributed by atoms with Crippen molar-refractivity contribution in [3.05, 3.63) is 23.8 Å². The predicted molar refractivity (Wildman–Crippen MR) is 58.8 cm³/mol. The Labute approximate surface area is 98.8 Å². The molecule has 0 radical (unpaired) electrons. The highest BCUT2D eigenvalue weighted by atomic mass is 19.3. The first-order valence-electron chi connectivity index (χ1n) is 5.41. The van der Waals surface area contributed by atoms with Crippen LogP contribution in [0.25, 0.3) is 0 Å². The van der Waals surface area contributed by atoms with Crippen LogP contribution in [-0.2, 0) is 9.53 Å². The van der Waals surface area contributed by atoms with Crippen molar-refractivity contribution in [2.45, 2.75) is 38.9 Å². The van der Waals surface area contributed by atoms with Gasteiger partial charge in [-0.25, -0.2) is 0 Å². The maximum absolute atomic E-state index is 12.4. The van der Waals surface area contributed by atoms with Gasteiger partial charge in [0, 0.05) is 6.42 Å². The highest BCUT2D eigenvalue weighted by Gasteiger charge is 2.37. The van der Waals surface area contributed by atoms with E-state index in [9.17, 15) is 13.6 Å². The number of carbonyl (C=O) groups is 1. The van der Waals surface area contributed by atoms with Gasteiger partial charge in [-0.2, -0.15) is 8.78 Å². The lowest BCUT2D eigenvalue weighted by molar-refractivity contribution is -0.205. The minimum atomic E-state index is -2.87. The average Bonchev–Trinajstić information content (AvgIpc) is 2.15. The Kier molecular flexibility index (Phi) is 4.40. The Hall–Kier alpha value is -1.23. The molecule has 0 amide bonds. The molecule has 0 aromatic heterocycles. The van der Waals surface area contributed by atoms with E-state index in [1.165, 1.54) is 0 Å². The maximum atomic E-state index is 12.4. The second-order valence-electron chi connectivity index (χ2n) is 4.42. The molecule has 1 aliphatic carbocycles. The van der Waals surface area contributed by atoms with Crippen LogP contribution in [0.15, 0.2) is 23.8 Å². The number of ether oxygens (including phenoxy) is 1. The van der Waals surface area contributed by atoms with E-state index in [4.69, 9.17) is 9.84 Å². The first-order chi connectivity index (χ1) is 7.85. The summed E-state index contributed by atoms with van der Waals surface area (Å²) in [4.78, 5) is 10.6. The molecule has 0 aliphatic heterocycles. The van der Waals surface area contributed by atoms with Crippen LogP contribution in [-0.4, -0.2) is 23.3 Å². The molecule has 3 nitrogen and oxygen atoms in total. The van der Waals surface area contributed by atoms with Gasteiger partial charge in [0.1, 0.15) is 0 Å². The number of rotatable bonds is 5. The molecule has 1 atom stereocenters. The quantitative estimate of drug-likeness (QED) is 0.811. The molecule has 0 saturated heterocycles. The van der Waals surface area contributed by atoms with Crippen LogP contribution in [0.3, 0.4) is 0 Å². The summed E-state index contributed by atoms with van der Waals surface area (Å²) in [6.07, 6.45) is 4.85. The van der Waals surface area contributed by atoms with Crippen molar-refractivity contribution in [1.82, 2.24) is 0 Å². The molecular formula is C12H16F2O3. The highest BCUT2D eigenvalue weighted by molar-refractivity contribution is 5.70. The minimum absolute atomic E-state index is 0.147. The van der Waals surface area contributed by atoms with Crippen molar-refractivity contribution in [2.24, 2.45) is 5.92 Å². The molecule has 0 aromatic carbocycles. The van der Waals surface area contributed by atoms with Gasteiger partial charge in [0.05, 0.1) is 12.0 Å². The number of halogens is 2. The summed E-state index contributed by atoms with van der Waals surface area (Å²) in [5.74, 6) is -1.13. The van der Waals surface area contributed by atoms with Gasteiger partial charge in [0.25, 0.3) is 0 Å². The predicted octanol–water partition coefficient (Wildman–Crippen LogP) is 2.98. The van der Waals surface area contributed by atoms with Gasteiger partial charge in [-0.3, -0.25) is 4.79 Å². The van der Waals surface area contributed by atoms with Gasteiger partial charge in [-0.15, -0.1) is 0 Å². The fourth-order valence-corrected chi connectivity index (χ4v) is 1.91. The lowest BCUT2D eigenvalue weighted by Crippen LogP contribution is -2.39. The molecule has 96 valence electrons. The van der Waals surface area contributed by atoms with E-state index in [0.717, 1.165) is 0 Å². The van der Waals surface area contributed by atoms with Gasteiger partial charge < -0.3 is 9.84 Å². The summed E-state index contributed by atoms with van der Waals surface area (Å²) < 4.78 is 29.5. The fourth-order valence-electron chi connectivity index (χ4n) is 1.91. The molecule has 1 N–H and O–H groups in total. The first-order valence-corrected chi connectivity index (χ1v) is 5.41. The highest BCUT2D eigenvalue weighted by Crippen LogP contribution is 2.36. The minimum Gasteiger partial charge on any atom is -0.481 e. The normalized spacial score (nSPS) is 24.2. The summed E-state index contributed by atoms with van der Waals surface area (Å²) in [7, 11) is 0. The van der Waals surface area contributed by atoms with Gasteiger partial charge in [0.15, 0.2) is 0 Å². The average molecular weight is 246 g/mol. The smallest absolute Gasteiger partial charge is 0.346 e. The molecule has 0 aromatic rings. The van der Waals surface area contributed by atoms with Crippen LogP contribution in [0.4, 0.5) is 8.78 Å². The molecule has 1 unspecified atom stereocenters. The molecule has 0 bridgehead atoms. The Morgan fingerprint density at radius 2 is 2.24 bits per heavy atom. The summed E-state index contributed by atoms with van der Waals surface area (Å²) in [5, 5.41) is 8.70. The van der Waals surface area contributed by atoms with Gasteiger partial charge >= 0.3 is 12.6 Å². The van der Waals surface area contributed by atoms with Gasteiger partial charge in [-0.1, -0.05) is 37.6 Å². The molecular weight excluding hydrogens is 230 g/mol. The lowest BCUT2D eigenvalue weighted by Gasteiger charge is -2.36. The fraction of sp³-hybridized carbons (Fsp3) is 0.583. The van der Waals surface area contributed by atoms with Crippen LogP contribution in [0.2, 0.25) is 0 Å². The topological polar surface area (TPSA) is 46.5 Å². The van der Waals surface area contributed by atoms with Crippen molar-refractivity contribution in [3.8, 4) is 0 Å². The maximum Gasteiger partial charge on any atom is 0.346 e. The molecule has 0 heterocycles. The van der Waals surface area contributed by atoms with E-state index < -0.39 is 18.2 Å². The number of alkyl halides is 2. The second-order valence-corrected chi connectivity index (χ2v) is 4.42. The zero-order valence-corrected chi connectivity index (χ0v) is 9.82. The van der Waals surface area contributed by atoms with E-state index in [-0.39, 0.29) is 18.8 Å². The number of aliphatic carboxylic acids is 1. The van der Waals surface area contributed by atoms with Crippen LogP contribution >= 0.6 is 0 Å². The van der Waals surface area contributed by atoms with Crippen LogP contribution < -0.4 is 0 Å². The molecule has 0 saturated carbocycles. The van der Waals surface area contributed by atoms with Gasteiger partial charge in [0.2, 0.25) is 0 Å². The Morgan fingerprint density at radius 1 is 1.59 bits per heavy atom. The number of carboxylic acids is 1. The Bertz CT molecular complexity index is 348. The largest absolute Gasteiger partial charge is 0.481 e. The molecule has 1 aliphatic rings. The van der Waals surface area contributed by atoms with E-state index in [1.807, 2.05) is 0 Å². The zero-order valence-electron chi connectivity index (χ0n) is 9.82. The Morgan fingerprint density at radius 3 is 2.71 bits per heavy atom. The molecule has 0 spiro atoms. The molecule has 0 fully saturated rings. The van der Waals surface area contributed by atoms with E-state index in [2.05, 4.69) is 0 Å². The lowest BCUT2D eigenvalue weighted by atomic mass is 9.80. The third-order valence-electron chi connectivity index (χ3n) is 2.88. The van der Waals surface area contributed by atoms with Crippen LogP contribution in [0.1, 0.15) is 26.7 Å². The summed E-state index contributed by atoms with van der Waals surface area (Å²) in [5.41, 5.74) is -0.511. The Balaban J connectivity index is 2.86. The van der Waals surface area contributed by atoms with Crippen molar-refractivity contribution in [1.29, 1.82) is 0 Å². The molecule has 17 heavy (non-hydrogen) atoms. The SMILES string of the molecule is CC(C)C1(OC(F)F)C=CC=C(CC(=O)O)C1. The second kappa shape index (κ2) is 5.40. The van der Waals surface area contributed by atoms with E-state index in [1.54, 1.807) is 32.1 Å².